The number of nitrogens with zero attached hydrogens (tertiary/aromatic N) is 5. The number of anilines is 1. The minimum absolute atomic E-state index is 0.0553. The van der Waals surface area contributed by atoms with Crippen LogP contribution >= 0.6 is 12.2 Å². The number of fused-ring (bicyclic) bond motifs is 3. The van der Waals surface area contributed by atoms with Crippen molar-refractivity contribution in [3.05, 3.63) is 52.2 Å². The van der Waals surface area contributed by atoms with Crippen LogP contribution in [0.2, 0.25) is 0 Å². The highest BCUT2D eigenvalue weighted by Gasteiger charge is 2.34. The highest BCUT2D eigenvalue weighted by molar-refractivity contribution is 7.78. The summed E-state index contributed by atoms with van der Waals surface area (Å²) in [6.45, 7) is 12.2. The van der Waals surface area contributed by atoms with E-state index in [9.17, 15) is 4.39 Å². The molecule has 2 unspecified atom stereocenters. The van der Waals surface area contributed by atoms with E-state index >= 15 is 4.39 Å². The van der Waals surface area contributed by atoms with Gasteiger partial charge in [-0.1, -0.05) is 51.2 Å². The minimum Gasteiger partial charge on any atom is -0.467 e. The summed E-state index contributed by atoms with van der Waals surface area (Å²) in [5, 5.41) is 7.63. The van der Waals surface area contributed by atoms with E-state index in [1.807, 2.05) is 13.8 Å². The summed E-state index contributed by atoms with van der Waals surface area (Å²) in [5.74, 6) is 0.321. The molecule has 0 aliphatic carbocycles. The van der Waals surface area contributed by atoms with Crippen molar-refractivity contribution >= 4 is 46.2 Å². The molecule has 0 saturated carbocycles. The highest BCUT2D eigenvalue weighted by atomic mass is 32.1. The van der Waals surface area contributed by atoms with E-state index in [2.05, 4.69) is 49.4 Å². The van der Waals surface area contributed by atoms with Gasteiger partial charge in [0.2, 0.25) is 0 Å². The summed E-state index contributed by atoms with van der Waals surface area (Å²) in [4.78, 5) is 17.7. The van der Waals surface area contributed by atoms with Crippen LogP contribution in [0.4, 0.5) is 14.6 Å². The van der Waals surface area contributed by atoms with E-state index in [0.29, 0.717) is 28.5 Å². The maximum absolute atomic E-state index is 16.0. The number of pyridine rings is 1. The second-order valence-electron chi connectivity index (χ2n) is 10.7. The van der Waals surface area contributed by atoms with Gasteiger partial charge < -0.3 is 25.2 Å². The number of methoxy groups -OCH3 is 1. The average Bonchev–Trinajstić information content (AvgIpc) is 3.33. The van der Waals surface area contributed by atoms with Gasteiger partial charge in [0, 0.05) is 49.7 Å². The number of halogens is 2. The molecule has 11 heteroatoms. The first-order chi connectivity index (χ1) is 20.3. The molecule has 3 fully saturated rings. The molecule has 1 aromatic carbocycles. The summed E-state index contributed by atoms with van der Waals surface area (Å²) >= 11 is 4.97. The molecular weight excluding hydrogens is 556 g/mol. The molecule has 6 rings (SSSR count). The first-order valence-electron chi connectivity index (χ1n) is 14.6. The molecule has 2 aromatic heterocycles. The molecule has 0 spiro atoms. The van der Waals surface area contributed by atoms with E-state index in [1.165, 1.54) is 38.0 Å². The Morgan fingerprint density at radius 3 is 2.36 bits per heavy atom. The monoisotopic (exact) mass is 597 g/mol. The van der Waals surface area contributed by atoms with Gasteiger partial charge in [-0.05, 0) is 44.0 Å². The third-order valence-electron chi connectivity index (χ3n) is 7.64. The van der Waals surface area contributed by atoms with E-state index in [-0.39, 0.29) is 28.1 Å². The number of benzene rings is 1. The van der Waals surface area contributed by atoms with Crippen LogP contribution in [0, 0.1) is 17.6 Å². The normalized spacial score (nSPS) is 21.0. The summed E-state index contributed by atoms with van der Waals surface area (Å²) in [6.07, 6.45) is 5.47. The Hall–Kier alpha value is -3.28. The third kappa shape index (κ3) is 6.68. The maximum atomic E-state index is 16.0. The Labute approximate surface area is 251 Å². The van der Waals surface area contributed by atoms with Crippen molar-refractivity contribution in [2.24, 2.45) is 5.92 Å². The van der Waals surface area contributed by atoms with Crippen molar-refractivity contribution in [2.45, 2.75) is 52.6 Å². The van der Waals surface area contributed by atoms with Crippen LogP contribution in [0.15, 0.2) is 24.4 Å². The largest absolute Gasteiger partial charge is 0.467 e. The van der Waals surface area contributed by atoms with Crippen LogP contribution in [0.25, 0.3) is 22.7 Å². The number of piperazine rings is 1. The summed E-state index contributed by atoms with van der Waals surface area (Å²) in [5.41, 5.74) is 1.29. The number of nitrogens with one attached hydrogen (secondary N) is 2. The minimum atomic E-state index is -0.706. The molecule has 3 aliphatic heterocycles. The lowest BCUT2D eigenvalue weighted by Crippen LogP contribution is -2.51. The molecule has 2 bridgehead atoms. The lowest BCUT2D eigenvalue weighted by atomic mass is 10.1. The standard InChI is InChI=1S/C24H24F2N6OS.C5H11N.C2H6/c1-3-13-5-4-6-17(25)18(13)21(28-12-34)22-19(26)20-16(9-27-22)23(31-24(30-20)33-2)32-10-14-7-8-15(11-32)29-14;1-5-3-6(2)4-5;1-2/h3-6,9,12,14-15,29H,7-8,10-11H2,1-2H3,(H,28,34);5H,3-4H2,1-2H3;1-2H3/b13-3-,21-18+;;. The second-order valence-corrected chi connectivity index (χ2v) is 11.0. The fraction of sp³-hybridized carbons (Fsp3) is 0.484. The predicted molar refractivity (Wildman–Crippen MR) is 169 cm³/mol. The Morgan fingerprint density at radius 1 is 1.12 bits per heavy atom. The van der Waals surface area contributed by atoms with Crippen molar-refractivity contribution in [2.75, 3.05) is 45.2 Å². The predicted octanol–water partition coefficient (Wildman–Crippen LogP) is 3.35. The highest BCUT2D eigenvalue weighted by Crippen LogP contribution is 2.32. The van der Waals surface area contributed by atoms with E-state index in [4.69, 9.17) is 17.0 Å². The Bertz CT molecular complexity index is 1510. The Kier molecular flexibility index (Phi) is 10.7. The molecule has 0 radical (unpaired) electrons. The molecule has 226 valence electrons. The van der Waals surface area contributed by atoms with Crippen molar-refractivity contribution in [3.8, 4) is 6.01 Å². The number of rotatable bonds is 5. The zero-order valence-corrected chi connectivity index (χ0v) is 26.1. The molecule has 2 N–H and O–H groups in total. The van der Waals surface area contributed by atoms with Crippen LogP contribution in [0.1, 0.15) is 46.2 Å². The maximum Gasteiger partial charge on any atom is 0.318 e. The van der Waals surface area contributed by atoms with Gasteiger partial charge >= 0.3 is 6.01 Å². The lowest BCUT2D eigenvalue weighted by molar-refractivity contribution is 0.149. The number of hydrogen-bond acceptors (Lipinski definition) is 8. The van der Waals surface area contributed by atoms with Gasteiger partial charge in [0.1, 0.15) is 22.8 Å². The SMILES string of the molecule is C/C=c1/cccc(F)/c1=C(/NC=S)c1ncc2c(N3CC4CCC(C3)N4)nc(OC)nc2c1F.CC.CC1CN(C)C1. The number of aromatic nitrogens is 3. The first kappa shape index (κ1) is 31.7. The topological polar surface area (TPSA) is 78.4 Å². The molecule has 3 aliphatic rings. The fourth-order valence-electron chi connectivity index (χ4n) is 5.87. The van der Waals surface area contributed by atoms with Crippen molar-refractivity contribution in [3.63, 3.8) is 0 Å². The van der Waals surface area contributed by atoms with Crippen molar-refractivity contribution in [1.82, 2.24) is 30.5 Å². The number of hydrogen-bond donors (Lipinski definition) is 2. The van der Waals surface area contributed by atoms with Crippen LogP contribution < -0.4 is 30.7 Å². The summed E-state index contributed by atoms with van der Waals surface area (Å²) < 4.78 is 36.3. The number of ether oxygens (including phenoxy) is 1. The van der Waals surface area contributed by atoms with E-state index in [1.54, 1.807) is 25.1 Å². The zero-order valence-electron chi connectivity index (χ0n) is 25.2. The smallest absolute Gasteiger partial charge is 0.318 e. The van der Waals surface area contributed by atoms with Crippen molar-refractivity contribution < 1.29 is 13.5 Å². The van der Waals surface area contributed by atoms with Gasteiger partial charge in [-0.3, -0.25) is 4.98 Å². The number of thiocarbonyl (C=S) groups is 1. The van der Waals surface area contributed by atoms with Gasteiger partial charge in [0.15, 0.2) is 5.82 Å². The molecule has 42 heavy (non-hydrogen) atoms. The molecule has 3 aromatic rings. The van der Waals surface area contributed by atoms with E-state index in [0.717, 1.165) is 31.8 Å². The van der Waals surface area contributed by atoms with Crippen LogP contribution in [-0.4, -0.2) is 77.8 Å². The first-order valence-corrected chi connectivity index (χ1v) is 15.1. The molecular formula is C31H41F2N7OS. The Morgan fingerprint density at radius 2 is 1.81 bits per heavy atom. The molecule has 8 nitrogen and oxygen atoms in total. The second kappa shape index (κ2) is 14.3. The van der Waals surface area contributed by atoms with Crippen molar-refractivity contribution in [1.29, 1.82) is 0 Å². The third-order valence-corrected chi connectivity index (χ3v) is 7.75. The average molecular weight is 598 g/mol. The van der Waals surface area contributed by atoms with E-state index < -0.39 is 11.6 Å². The number of likely N-dealkylation sites (tertiary alicyclic amines) is 1. The Balaban J connectivity index is 0.000000445. The lowest BCUT2D eigenvalue weighted by Gasteiger charge is -2.34. The van der Waals surface area contributed by atoms with Gasteiger partial charge in [-0.15, -0.1) is 0 Å². The summed E-state index contributed by atoms with van der Waals surface area (Å²) in [6, 6.07) is 5.44. The quantitative estimate of drug-likeness (QED) is 0.431. The summed E-state index contributed by atoms with van der Waals surface area (Å²) in [7, 11) is 3.60. The van der Waals surface area contributed by atoms with Gasteiger partial charge in [-0.2, -0.15) is 9.97 Å². The van der Waals surface area contributed by atoms with Gasteiger partial charge in [-0.25, -0.2) is 8.78 Å². The molecule has 0 amide bonds. The fourth-order valence-corrected chi connectivity index (χ4v) is 5.99. The zero-order chi connectivity index (χ0) is 30.4. The van der Waals surface area contributed by atoms with Gasteiger partial charge in [0.05, 0.1) is 23.7 Å². The van der Waals surface area contributed by atoms with Crippen LogP contribution in [-0.2, 0) is 0 Å². The van der Waals surface area contributed by atoms with Crippen LogP contribution in [0.3, 0.4) is 0 Å². The van der Waals surface area contributed by atoms with Crippen LogP contribution in [0.5, 0.6) is 6.01 Å². The van der Waals surface area contributed by atoms with Gasteiger partial charge in [0.25, 0.3) is 0 Å². The molecule has 5 heterocycles. The molecule has 2 atom stereocenters. The molecule has 3 saturated heterocycles.